The van der Waals surface area contributed by atoms with Crippen LogP contribution in [0.3, 0.4) is 0 Å². The van der Waals surface area contributed by atoms with Gasteiger partial charge < -0.3 is 49.7 Å². The molecule has 0 bridgehead atoms. The quantitative estimate of drug-likeness (QED) is 0.0549. The standard InChI is InChI=1S/C23H38N10O5/c24-15(12-14-6-2-1-3-7-14)19(35)31-13-18(34)32-16(8-4-10-29-22(25)26)20(36)33-17(21(37)38)9-5-11-30-23(27)28/h1-3,6-7,15-17H,4-5,8-13,24H2,(H,31,35)(H,32,34)(H,33,36)(H,37,38)(H4,25,26,29)(H4,27,28,30). The number of hydrogen-bond acceptors (Lipinski definition) is 7. The van der Waals surface area contributed by atoms with Crippen molar-refractivity contribution >= 4 is 35.6 Å². The second kappa shape index (κ2) is 17.1. The van der Waals surface area contributed by atoms with Gasteiger partial charge in [-0.15, -0.1) is 0 Å². The Morgan fingerprint density at radius 2 is 1.37 bits per heavy atom. The highest BCUT2D eigenvalue weighted by Gasteiger charge is 2.26. The van der Waals surface area contributed by atoms with Gasteiger partial charge in [0.15, 0.2) is 11.9 Å². The molecule has 15 heteroatoms. The summed E-state index contributed by atoms with van der Waals surface area (Å²) in [5.74, 6) is -3.43. The Balaban J connectivity index is 2.72. The number of aliphatic carboxylic acids is 1. The number of nitrogens with one attached hydrogen (secondary N) is 3. The zero-order valence-corrected chi connectivity index (χ0v) is 21.1. The van der Waals surface area contributed by atoms with E-state index in [1.54, 1.807) is 0 Å². The molecule has 0 radical (unpaired) electrons. The molecule has 3 amide bonds. The molecular weight excluding hydrogens is 496 g/mol. The topological polar surface area (TPSA) is 279 Å². The predicted octanol–water partition coefficient (Wildman–Crippen LogP) is -3.17. The highest BCUT2D eigenvalue weighted by Crippen LogP contribution is 2.04. The molecule has 0 fully saturated rings. The number of nitrogens with zero attached hydrogens (tertiary/aromatic N) is 2. The minimum atomic E-state index is -1.26. The van der Waals surface area contributed by atoms with E-state index in [4.69, 9.17) is 28.7 Å². The van der Waals surface area contributed by atoms with E-state index in [1.165, 1.54) is 0 Å². The summed E-state index contributed by atoms with van der Waals surface area (Å²) in [6.07, 6.45) is 1.06. The second-order valence-corrected chi connectivity index (χ2v) is 8.43. The molecule has 38 heavy (non-hydrogen) atoms. The summed E-state index contributed by atoms with van der Waals surface area (Å²) in [4.78, 5) is 56.9. The minimum absolute atomic E-state index is 0.0574. The number of hydrogen-bond donors (Lipinski definition) is 9. The van der Waals surface area contributed by atoms with Crippen LogP contribution in [0.25, 0.3) is 0 Å². The first-order valence-corrected chi connectivity index (χ1v) is 12.0. The Morgan fingerprint density at radius 3 is 1.89 bits per heavy atom. The molecule has 0 aromatic heterocycles. The van der Waals surface area contributed by atoms with Gasteiger partial charge in [0.25, 0.3) is 0 Å². The van der Waals surface area contributed by atoms with Crippen molar-refractivity contribution in [3.63, 3.8) is 0 Å². The Labute approximate surface area is 220 Å². The largest absolute Gasteiger partial charge is 0.480 e. The van der Waals surface area contributed by atoms with E-state index in [0.717, 1.165) is 5.56 Å². The molecule has 3 atom stereocenters. The number of carboxylic acids is 1. The van der Waals surface area contributed by atoms with Gasteiger partial charge >= 0.3 is 5.97 Å². The highest BCUT2D eigenvalue weighted by molar-refractivity contribution is 5.92. The first-order valence-electron chi connectivity index (χ1n) is 12.0. The second-order valence-electron chi connectivity index (χ2n) is 8.43. The molecule has 1 rings (SSSR count). The van der Waals surface area contributed by atoms with Crippen molar-refractivity contribution in [1.29, 1.82) is 0 Å². The zero-order chi connectivity index (χ0) is 28.5. The Kier molecular flexibility index (Phi) is 14.3. The maximum absolute atomic E-state index is 12.9. The highest BCUT2D eigenvalue weighted by atomic mass is 16.4. The summed E-state index contributed by atoms with van der Waals surface area (Å²) in [6, 6.07) is 5.94. The first kappa shape index (κ1) is 31.6. The van der Waals surface area contributed by atoms with Gasteiger partial charge in [0, 0.05) is 13.1 Å². The van der Waals surface area contributed by atoms with Crippen LogP contribution >= 0.6 is 0 Å². The van der Waals surface area contributed by atoms with Crippen molar-refractivity contribution in [2.24, 2.45) is 38.7 Å². The summed E-state index contributed by atoms with van der Waals surface area (Å²) < 4.78 is 0. The lowest BCUT2D eigenvalue weighted by Gasteiger charge is -2.21. The summed E-state index contributed by atoms with van der Waals surface area (Å²) in [6.45, 7) is -0.0550. The predicted molar refractivity (Wildman–Crippen MR) is 142 cm³/mol. The fourth-order valence-electron chi connectivity index (χ4n) is 3.31. The van der Waals surface area contributed by atoms with Crippen LogP contribution < -0.4 is 44.6 Å². The van der Waals surface area contributed by atoms with Gasteiger partial charge in [-0.05, 0) is 37.7 Å². The molecule has 0 aliphatic heterocycles. The molecule has 0 heterocycles. The number of carbonyl (C=O) groups excluding carboxylic acids is 3. The van der Waals surface area contributed by atoms with Crippen LogP contribution in [0.5, 0.6) is 0 Å². The monoisotopic (exact) mass is 534 g/mol. The molecule has 1 aromatic carbocycles. The normalized spacial score (nSPS) is 12.8. The van der Waals surface area contributed by atoms with Crippen molar-refractivity contribution in [3.05, 3.63) is 35.9 Å². The van der Waals surface area contributed by atoms with Crippen LogP contribution in [-0.2, 0) is 25.6 Å². The van der Waals surface area contributed by atoms with Crippen molar-refractivity contribution in [3.8, 4) is 0 Å². The number of rotatable bonds is 17. The van der Waals surface area contributed by atoms with Crippen molar-refractivity contribution in [1.82, 2.24) is 16.0 Å². The summed E-state index contributed by atoms with van der Waals surface area (Å²) in [7, 11) is 0. The maximum Gasteiger partial charge on any atom is 0.326 e. The van der Waals surface area contributed by atoms with Crippen molar-refractivity contribution in [2.45, 2.75) is 50.2 Å². The Hall–Kier alpha value is -4.40. The van der Waals surface area contributed by atoms with E-state index in [1.807, 2.05) is 30.3 Å². The van der Waals surface area contributed by atoms with Crippen molar-refractivity contribution < 1.29 is 24.3 Å². The lowest BCUT2D eigenvalue weighted by Crippen LogP contribution is -2.53. The number of carbonyl (C=O) groups is 4. The van der Waals surface area contributed by atoms with E-state index in [9.17, 15) is 24.3 Å². The molecule has 1 aromatic rings. The van der Waals surface area contributed by atoms with Crippen molar-refractivity contribution in [2.75, 3.05) is 19.6 Å². The van der Waals surface area contributed by atoms with Gasteiger partial charge in [-0.3, -0.25) is 24.4 Å². The van der Waals surface area contributed by atoms with Gasteiger partial charge in [0.2, 0.25) is 17.7 Å². The lowest BCUT2D eigenvalue weighted by atomic mass is 10.1. The van der Waals surface area contributed by atoms with Gasteiger partial charge in [0.1, 0.15) is 12.1 Å². The zero-order valence-electron chi connectivity index (χ0n) is 21.1. The van der Waals surface area contributed by atoms with E-state index in [2.05, 4.69) is 25.9 Å². The SMILES string of the molecule is NC(N)=NCCCC(NC(=O)C(CCCN=C(N)N)NC(=O)CNC(=O)C(N)Cc1ccccc1)C(=O)O. The number of amides is 3. The molecular formula is C23H38N10O5. The van der Waals surface area contributed by atoms with Crippen LogP contribution in [-0.4, -0.2) is 78.5 Å². The maximum atomic E-state index is 12.9. The average Bonchev–Trinajstić information content (AvgIpc) is 2.86. The number of guanidine groups is 2. The van der Waals surface area contributed by atoms with Crippen LogP contribution in [0.15, 0.2) is 40.3 Å². The van der Waals surface area contributed by atoms with Gasteiger partial charge in [-0.2, -0.15) is 0 Å². The minimum Gasteiger partial charge on any atom is -0.480 e. The van der Waals surface area contributed by atoms with E-state index in [-0.39, 0.29) is 44.3 Å². The van der Waals surface area contributed by atoms with E-state index in [0.29, 0.717) is 12.8 Å². The number of aliphatic imine (C=N–C) groups is 2. The first-order chi connectivity index (χ1) is 18.0. The molecule has 0 aliphatic rings. The van der Waals surface area contributed by atoms with Gasteiger partial charge in [-0.25, -0.2) is 4.79 Å². The summed E-state index contributed by atoms with van der Waals surface area (Å²) >= 11 is 0. The average molecular weight is 535 g/mol. The Morgan fingerprint density at radius 1 is 0.816 bits per heavy atom. The van der Waals surface area contributed by atoms with Gasteiger partial charge in [-0.1, -0.05) is 30.3 Å². The van der Waals surface area contributed by atoms with E-state index >= 15 is 0 Å². The molecule has 15 nitrogen and oxygen atoms in total. The fraction of sp³-hybridized carbons (Fsp3) is 0.478. The number of nitrogens with two attached hydrogens (primary N) is 5. The number of carboxylic acid groups (broad SMARTS) is 1. The molecule has 0 saturated heterocycles. The Bertz CT molecular complexity index is 978. The molecule has 210 valence electrons. The lowest BCUT2D eigenvalue weighted by molar-refractivity contribution is -0.142. The van der Waals surface area contributed by atoms with Crippen LogP contribution in [0.4, 0.5) is 0 Å². The molecule has 14 N–H and O–H groups in total. The van der Waals surface area contributed by atoms with Gasteiger partial charge in [0.05, 0.1) is 12.6 Å². The fourth-order valence-corrected chi connectivity index (χ4v) is 3.31. The van der Waals surface area contributed by atoms with Crippen LogP contribution in [0.2, 0.25) is 0 Å². The third-order valence-corrected chi connectivity index (χ3v) is 5.22. The third kappa shape index (κ3) is 13.6. The molecule has 0 spiro atoms. The number of benzene rings is 1. The molecule has 0 saturated carbocycles. The molecule has 3 unspecified atom stereocenters. The summed E-state index contributed by atoms with van der Waals surface area (Å²) in [5.41, 5.74) is 27.9. The summed E-state index contributed by atoms with van der Waals surface area (Å²) in [5, 5.41) is 16.8. The van der Waals surface area contributed by atoms with Crippen LogP contribution in [0.1, 0.15) is 31.2 Å². The molecule has 0 aliphatic carbocycles. The third-order valence-electron chi connectivity index (χ3n) is 5.22. The van der Waals surface area contributed by atoms with E-state index < -0.39 is 48.4 Å². The smallest absolute Gasteiger partial charge is 0.326 e. The van der Waals surface area contributed by atoms with Crippen LogP contribution in [0, 0.1) is 0 Å².